The van der Waals surface area contributed by atoms with Crippen molar-refractivity contribution in [3.63, 3.8) is 0 Å². The fourth-order valence-electron chi connectivity index (χ4n) is 3.27. The van der Waals surface area contributed by atoms with E-state index in [-0.39, 0.29) is 11.5 Å². The number of nitrogens with two attached hydrogens (primary N) is 1. The van der Waals surface area contributed by atoms with E-state index >= 15 is 0 Å². The van der Waals surface area contributed by atoms with Crippen LogP contribution in [-0.2, 0) is 11.8 Å². The van der Waals surface area contributed by atoms with Crippen molar-refractivity contribution in [1.29, 1.82) is 0 Å². The molecular weight excluding hydrogens is 322 g/mol. The molecule has 1 aliphatic carbocycles. The Morgan fingerprint density at radius 2 is 1.74 bits per heavy atom. The molecule has 4 heteroatoms. The fourth-order valence-corrected chi connectivity index (χ4v) is 5.08. The van der Waals surface area contributed by atoms with Crippen molar-refractivity contribution in [1.82, 2.24) is 0 Å². The van der Waals surface area contributed by atoms with Crippen molar-refractivity contribution < 1.29 is 5.11 Å². The third kappa shape index (κ3) is 3.25. The number of phenols is 1. The summed E-state index contributed by atoms with van der Waals surface area (Å²) in [6.07, 6.45) is 3.03. The van der Waals surface area contributed by atoms with Crippen LogP contribution in [-0.4, -0.2) is 22.7 Å². The maximum absolute atomic E-state index is 9.81. The Balaban J connectivity index is 1.87. The second-order valence-electron chi connectivity index (χ2n) is 6.62. The molecule has 2 aromatic carbocycles. The lowest BCUT2D eigenvalue weighted by Crippen LogP contribution is -2.52. The summed E-state index contributed by atoms with van der Waals surface area (Å²) in [5.41, 5.74) is 8.95. The number of aromatic hydroxyl groups is 1. The number of benzene rings is 2. The lowest BCUT2D eigenvalue weighted by molar-refractivity contribution is 0.369. The summed E-state index contributed by atoms with van der Waals surface area (Å²) in [7, 11) is 0. The molecule has 0 aromatic heterocycles. The van der Waals surface area contributed by atoms with E-state index in [1.165, 1.54) is 20.9 Å². The minimum absolute atomic E-state index is 0.0435. The van der Waals surface area contributed by atoms with Gasteiger partial charge in [0.05, 0.1) is 0 Å². The highest BCUT2D eigenvalue weighted by Gasteiger charge is 2.40. The molecule has 0 amide bonds. The van der Waals surface area contributed by atoms with Gasteiger partial charge in [-0.1, -0.05) is 19.9 Å². The Labute approximate surface area is 146 Å². The molecule has 0 saturated carbocycles. The van der Waals surface area contributed by atoms with Crippen molar-refractivity contribution in [3.8, 4) is 5.75 Å². The van der Waals surface area contributed by atoms with Crippen LogP contribution >= 0.6 is 23.5 Å². The van der Waals surface area contributed by atoms with Gasteiger partial charge in [0.25, 0.3) is 0 Å². The van der Waals surface area contributed by atoms with Gasteiger partial charge >= 0.3 is 0 Å². The fraction of sp³-hybridized carbons (Fsp3) is 0.368. The van der Waals surface area contributed by atoms with E-state index in [4.69, 9.17) is 5.73 Å². The molecule has 0 radical (unpaired) electrons. The molecule has 2 unspecified atom stereocenters. The largest absolute Gasteiger partial charge is 0.508 e. The smallest absolute Gasteiger partial charge is 0.115 e. The van der Waals surface area contributed by atoms with Gasteiger partial charge in [0.15, 0.2) is 0 Å². The molecule has 23 heavy (non-hydrogen) atoms. The third-order valence-corrected chi connectivity index (χ3v) is 6.84. The van der Waals surface area contributed by atoms with E-state index in [2.05, 4.69) is 44.4 Å². The summed E-state index contributed by atoms with van der Waals surface area (Å²) < 4.78 is 0. The lowest BCUT2D eigenvalue weighted by atomic mass is 9.69. The first-order chi connectivity index (χ1) is 10.9. The molecule has 3 N–H and O–H groups in total. The van der Waals surface area contributed by atoms with Gasteiger partial charge in [-0.3, -0.25) is 0 Å². The maximum atomic E-state index is 9.81. The summed E-state index contributed by atoms with van der Waals surface area (Å²) in [6.45, 7) is 4.36. The van der Waals surface area contributed by atoms with Gasteiger partial charge in [-0.15, -0.1) is 23.5 Å². The number of hydrogen-bond acceptors (Lipinski definition) is 4. The van der Waals surface area contributed by atoms with Crippen LogP contribution in [0.4, 0.5) is 0 Å². The van der Waals surface area contributed by atoms with Crippen molar-refractivity contribution >= 4 is 23.5 Å². The zero-order valence-electron chi connectivity index (χ0n) is 13.7. The zero-order valence-corrected chi connectivity index (χ0v) is 15.4. The molecule has 2 atom stereocenters. The average molecular weight is 346 g/mol. The predicted octanol–water partition coefficient (Wildman–Crippen LogP) is 4.44. The van der Waals surface area contributed by atoms with Gasteiger partial charge < -0.3 is 10.8 Å². The third-order valence-electron chi connectivity index (χ3n) is 4.79. The van der Waals surface area contributed by atoms with E-state index in [1.54, 1.807) is 17.8 Å². The molecular formula is C19H23NOS2. The average Bonchev–Trinajstić information content (AvgIpc) is 2.54. The number of phenolic OH excluding ortho intramolecular Hbond substituents is 1. The van der Waals surface area contributed by atoms with E-state index in [0.717, 1.165) is 6.42 Å². The van der Waals surface area contributed by atoms with Crippen LogP contribution in [0.1, 0.15) is 25.0 Å². The number of thioether (sulfide) groups is 2. The van der Waals surface area contributed by atoms with Gasteiger partial charge in [0.2, 0.25) is 0 Å². The van der Waals surface area contributed by atoms with Gasteiger partial charge in [-0.05, 0) is 60.2 Å². The second kappa shape index (κ2) is 6.42. The molecule has 2 aromatic rings. The van der Waals surface area contributed by atoms with Gasteiger partial charge in [0.1, 0.15) is 5.75 Å². The predicted molar refractivity (Wildman–Crippen MR) is 101 cm³/mol. The zero-order chi connectivity index (χ0) is 16.6. The van der Waals surface area contributed by atoms with Crippen molar-refractivity contribution in [2.24, 2.45) is 5.73 Å². The van der Waals surface area contributed by atoms with Crippen LogP contribution in [0.15, 0.2) is 52.3 Å². The highest BCUT2D eigenvalue weighted by molar-refractivity contribution is 8.00. The lowest BCUT2D eigenvalue weighted by Gasteiger charge is -2.43. The van der Waals surface area contributed by atoms with Crippen LogP contribution in [0.2, 0.25) is 0 Å². The van der Waals surface area contributed by atoms with E-state index in [9.17, 15) is 5.11 Å². The molecule has 2 nitrogen and oxygen atoms in total. The topological polar surface area (TPSA) is 46.2 Å². The normalized spacial score (nSPS) is 22.6. The van der Waals surface area contributed by atoms with Crippen molar-refractivity contribution in [3.05, 3.63) is 53.6 Å². The van der Waals surface area contributed by atoms with Gasteiger partial charge in [-0.2, -0.15) is 0 Å². The quantitative estimate of drug-likeness (QED) is 0.808. The molecule has 3 rings (SSSR count). The molecule has 0 heterocycles. The monoisotopic (exact) mass is 345 g/mol. The Morgan fingerprint density at radius 1 is 1.09 bits per heavy atom. The molecule has 0 saturated heterocycles. The molecule has 0 spiro atoms. The maximum Gasteiger partial charge on any atom is 0.115 e. The van der Waals surface area contributed by atoms with Crippen LogP contribution in [0.5, 0.6) is 5.75 Å². The minimum Gasteiger partial charge on any atom is -0.508 e. The Hall–Kier alpha value is -1.10. The molecule has 0 bridgehead atoms. The van der Waals surface area contributed by atoms with E-state index in [1.807, 2.05) is 23.9 Å². The summed E-state index contributed by atoms with van der Waals surface area (Å²) in [6, 6.07) is 14.4. The first-order valence-corrected chi connectivity index (χ1v) is 9.91. The van der Waals surface area contributed by atoms with Gasteiger partial charge in [-0.25, -0.2) is 0 Å². The first kappa shape index (κ1) is 16.7. The van der Waals surface area contributed by atoms with Crippen molar-refractivity contribution in [2.45, 2.75) is 46.8 Å². The second-order valence-corrected chi connectivity index (χ2v) is 8.82. The number of fused-ring (bicyclic) bond motifs is 1. The minimum atomic E-state index is -0.150. The van der Waals surface area contributed by atoms with E-state index < -0.39 is 0 Å². The van der Waals surface area contributed by atoms with Gasteiger partial charge in [0, 0.05) is 26.5 Å². The molecule has 122 valence electrons. The highest BCUT2D eigenvalue weighted by atomic mass is 32.2. The summed E-state index contributed by atoms with van der Waals surface area (Å²) in [4.78, 5) is 2.55. The van der Waals surface area contributed by atoms with Crippen LogP contribution < -0.4 is 5.73 Å². The van der Waals surface area contributed by atoms with E-state index in [0.29, 0.717) is 11.0 Å². The molecule has 0 fully saturated rings. The summed E-state index contributed by atoms with van der Waals surface area (Å²) in [5, 5.41) is 10.1. The Morgan fingerprint density at radius 3 is 2.39 bits per heavy atom. The Kier molecular flexibility index (Phi) is 4.68. The van der Waals surface area contributed by atoms with Crippen LogP contribution in [0, 0.1) is 0 Å². The number of rotatable bonds is 3. The standard InChI is InChI=1S/C19H23NOS2/c1-19(2)16-11-13(21)5-4-12(16)10-17(18(19)20)23-15-8-6-14(22-3)7-9-15/h4-9,11,17-18,21H,10,20H2,1-3H3. The number of hydrogen-bond donors (Lipinski definition) is 2. The highest BCUT2D eigenvalue weighted by Crippen LogP contribution is 2.43. The molecule has 1 aliphatic rings. The first-order valence-electron chi connectivity index (χ1n) is 7.80. The molecule has 0 aliphatic heterocycles. The Bertz CT molecular complexity index is 697. The summed E-state index contributed by atoms with van der Waals surface area (Å²) in [5.74, 6) is 0.322. The van der Waals surface area contributed by atoms with Crippen LogP contribution in [0.3, 0.4) is 0 Å². The SMILES string of the molecule is CSc1ccc(SC2Cc3ccc(O)cc3C(C)(C)C2N)cc1. The van der Waals surface area contributed by atoms with Crippen LogP contribution in [0.25, 0.3) is 0 Å². The summed E-state index contributed by atoms with van der Waals surface area (Å²) >= 11 is 3.62. The van der Waals surface area contributed by atoms with Crippen molar-refractivity contribution in [2.75, 3.05) is 6.26 Å².